The van der Waals surface area contributed by atoms with Gasteiger partial charge in [-0.05, 0) is 13.0 Å². The molecule has 0 aromatic carbocycles. The molecule has 0 aliphatic rings. The molecule has 1 heterocycles. The molecule has 1 aromatic rings. The molecule has 0 saturated heterocycles. The number of hydrogen-bond donors (Lipinski definition) is 0. The van der Waals surface area contributed by atoms with Crippen molar-refractivity contribution in [3.8, 4) is 0 Å². The number of hydrogen-bond acceptors (Lipinski definition) is 5. The lowest BCUT2D eigenvalue weighted by Crippen LogP contribution is -2.11. The average molecular weight is 253 g/mol. The Hall–Kier alpha value is -2.31. The van der Waals surface area contributed by atoms with Crippen LogP contribution in [0.15, 0.2) is 24.2 Å². The van der Waals surface area contributed by atoms with E-state index in [2.05, 4.69) is 4.98 Å². The smallest absolute Gasteiger partial charge is 0.299 e. The van der Waals surface area contributed by atoms with Crippen LogP contribution < -0.4 is 0 Å². The van der Waals surface area contributed by atoms with Crippen molar-refractivity contribution in [2.45, 2.75) is 6.92 Å². The van der Waals surface area contributed by atoms with Crippen molar-refractivity contribution in [2.24, 2.45) is 0 Å². The highest BCUT2D eigenvalue weighted by atomic mass is 19.1. The van der Waals surface area contributed by atoms with Gasteiger partial charge in [-0.3, -0.25) is 14.9 Å². The van der Waals surface area contributed by atoms with E-state index in [0.717, 1.165) is 12.3 Å². The van der Waals surface area contributed by atoms with Crippen molar-refractivity contribution in [1.82, 2.24) is 9.88 Å². The van der Waals surface area contributed by atoms with Crippen LogP contribution in [0.3, 0.4) is 0 Å². The lowest BCUT2D eigenvalue weighted by molar-refractivity contribution is -0.385. The summed E-state index contributed by atoms with van der Waals surface area (Å²) in [7, 11) is 3.07. The summed E-state index contributed by atoms with van der Waals surface area (Å²) < 4.78 is 13.5. The second-order valence-corrected chi connectivity index (χ2v) is 3.85. The van der Waals surface area contributed by atoms with Crippen LogP contribution >= 0.6 is 0 Å². The quantitative estimate of drug-likeness (QED) is 0.354. The van der Waals surface area contributed by atoms with E-state index in [9.17, 15) is 19.3 Å². The van der Waals surface area contributed by atoms with Crippen molar-refractivity contribution in [3.05, 3.63) is 45.7 Å². The van der Waals surface area contributed by atoms with Crippen LogP contribution in [-0.2, 0) is 0 Å². The summed E-state index contributed by atoms with van der Waals surface area (Å²) in [6.07, 6.45) is 0.941. The third-order valence-electron chi connectivity index (χ3n) is 2.01. The molecule has 0 unspecified atom stereocenters. The van der Waals surface area contributed by atoms with Gasteiger partial charge < -0.3 is 4.90 Å². The number of aromatic nitrogens is 1. The molecule has 18 heavy (non-hydrogen) atoms. The Bertz CT molecular complexity index is 526. The minimum Gasteiger partial charge on any atom is -0.381 e. The molecule has 1 aromatic heterocycles. The van der Waals surface area contributed by atoms with Crippen LogP contribution in [0.4, 0.5) is 10.1 Å². The maximum atomic E-state index is 13.5. The molecule has 0 atom stereocenters. The summed E-state index contributed by atoms with van der Waals surface area (Å²) in [5, 5.41) is 10.7. The first-order valence-corrected chi connectivity index (χ1v) is 5.03. The Morgan fingerprint density at radius 2 is 2.11 bits per heavy atom. The highest BCUT2D eigenvalue weighted by Gasteiger charge is 2.25. The molecule has 0 aliphatic heterocycles. The molecule has 0 amide bonds. The van der Waals surface area contributed by atoms with Gasteiger partial charge in [-0.2, -0.15) is 0 Å². The summed E-state index contributed by atoms with van der Waals surface area (Å²) in [4.78, 5) is 26.8. The van der Waals surface area contributed by atoms with Crippen LogP contribution in [0.25, 0.3) is 0 Å². The first kappa shape index (κ1) is 13.8. The number of pyridine rings is 1. The second-order valence-electron chi connectivity index (χ2n) is 3.85. The maximum absolute atomic E-state index is 13.5. The lowest BCUT2D eigenvalue weighted by Gasteiger charge is -2.05. The van der Waals surface area contributed by atoms with E-state index in [0.29, 0.717) is 5.69 Å². The molecule has 1 rings (SSSR count). The van der Waals surface area contributed by atoms with Crippen LogP contribution in [-0.4, -0.2) is 34.7 Å². The fourth-order valence-corrected chi connectivity index (χ4v) is 1.26. The number of nitrogens with zero attached hydrogens (tertiary/aromatic N) is 3. The molecular formula is C11H12FN3O3. The van der Waals surface area contributed by atoms with Crippen LogP contribution in [0.2, 0.25) is 0 Å². The van der Waals surface area contributed by atoms with E-state index < -0.39 is 27.9 Å². The summed E-state index contributed by atoms with van der Waals surface area (Å²) in [5.74, 6) is -2.19. The Kier molecular flexibility index (Phi) is 4.09. The Balaban J connectivity index is 3.28. The monoisotopic (exact) mass is 253 g/mol. The fourth-order valence-electron chi connectivity index (χ4n) is 1.26. The summed E-state index contributed by atoms with van der Waals surface area (Å²) >= 11 is 0. The van der Waals surface area contributed by atoms with Gasteiger partial charge in [-0.25, -0.2) is 9.37 Å². The van der Waals surface area contributed by atoms with Gasteiger partial charge in [0.05, 0.1) is 4.92 Å². The lowest BCUT2D eigenvalue weighted by atomic mass is 10.2. The van der Waals surface area contributed by atoms with Crippen molar-refractivity contribution < 1.29 is 14.1 Å². The molecule has 96 valence electrons. The first-order valence-electron chi connectivity index (χ1n) is 5.03. The molecule has 0 fully saturated rings. The number of ketones is 1. The highest BCUT2D eigenvalue weighted by molar-refractivity contribution is 6.08. The number of allylic oxidation sites excluding steroid dienone is 1. The topological polar surface area (TPSA) is 76.3 Å². The van der Waals surface area contributed by atoms with E-state index >= 15 is 0 Å². The van der Waals surface area contributed by atoms with Crippen LogP contribution in [0.5, 0.6) is 0 Å². The van der Waals surface area contributed by atoms with Crippen molar-refractivity contribution in [2.75, 3.05) is 14.1 Å². The van der Waals surface area contributed by atoms with Gasteiger partial charge in [0.25, 0.3) is 5.69 Å². The second kappa shape index (κ2) is 5.35. The van der Waals surface area contributed by atoms with Gasteiger partial charge in [0.15, 0.2) is 11.5 Å². The number of halogens is 1. The highest BCUT2D eigenvalue weighted by Crippen LogP contribution is 2.20. The number of nitro groups is 1. The van der Waals surface area contributed by atoms with Gasteiger partial charge in [0, 0.05) is 32.1 Å². The summed E-state index contributed by atoms with van der Waals surface area (Å²) in [5.41, 5.74) is -0.592. The van der Waals surface area contributed by atoms with E-state index in [4.69, 9.17) is 0 Å². The Morgan fingerprint density at radius 1 is 1.50 bits per heavy atom. The van der Waals surface area contributed by atoms with Crippen molar-refractivity contribution in [1.29, 1.82) is 0 Å². The summed E-state index contributed by atoms with van der Waals surface area (Å²) in [6, 6.07) is 2.53. The SMILES string of the molecule is Cc1ccc([N+](=O)[O-])c(C(=O)/C(F)=C/N(C)C)n1. The maximum Gasteiger partial charge on any atom is 0.299 e. The van der Waals surface area contributed by atoms with Gasteiger partial charge in [0.1, 0.15) is 0 Å². The third kappa shape index (κ3) is 3.09. The predicted molar refractivity (Wildman–Crippen MR) is 62.8 cm³/mol. The molecular weight excluding hydrogens is 241 g/mol. The van der Waals surface area contributed by atoms with Crippen molar-refractivity contribution >= 4 is 11.5 Å². The average Bonchev–Trinajstić information content (AvgIpc) is 2.26. The van der Waals surface area contributed by atoms with Crippen LogP contribution in [0.1, 0.15) is 16.2 Å². The number of Topliss-reactive ketones (excluding diaryl/α,β-unsaturated/α-hetero) is 1. The summed E-state index contributed by atoms with van der Waals surface area (Å²) in [6.45, 7) is 1.56. The minimum absolute atomic E-state index is 0.404. The molecule has 0 bridgehead atoms. The fraction of sp³-hybridized carbons (Fsp3) is 0.273. The number of carbonyl (C=O) groups excluding carboxylic acids is 1. The Morgan fingerprint density at radius 3 is 2.61 bits per heavy atom. The van der Waals surface area contributed by atoms with E-state index in [1.807, 2.05) is 0 Å². The zero-order chi connectivity index (χ0) is 13.9. The first-order chi connectivity index (χ1) is 8.32. The molecule has 0 aliphatic carbocycles. The molecule has 0 radical (unpaired) electrons. The molecule has 0 spiro atoms. The van der Waals surface area contributed by atoms with Crippen LogP contribution in [0, 0.1) is 17.0 Å². The molecule has 0 saturated carbocycles. The third-order valence-corrected chi connectivity index (χ3v) is 2.01. The standard InChI is InChI=1S/C11H12FN3O3/c1-7-4-5-9(15(17)18)10(13-7)11(16)8(12)6-14(2)3/h4-6H,1-3H3/b8-6-. The van der Waals surface area contributed by atoms with E-state index in [-0.39, 0.29) is 0 Å². The largest absolute Gasteiger partial charge is 0.381 e. The number of carbonyl (C=O) groups is 1. The van der Waals surface area contributed by atoms with Gasteiger partial charge in [-0.1, -0.05) is 0 Å². The molecule has 6 nitrogen and oxygen atoms in total. The Labute approximate surface area is 103 Å². The van der Waals surface area contributed by atoms with Gasteiger partial charge >= 0.3 is 0 Å². The molecule has 0 N–H and O–H groups in total. The minimum atomic E-state index is -1.10. The van der Waals surface area contributed by atoms with Crippen molar-refractivity contribution in [3.63, 3.8) is 0 Å². The zero-order valence-corrected chi connectivity index (χ0v) is 10.2. The number of aryl methyl sites for hydroxylation is 1. The van der Waals surface area contributed by atoms with Gasteiger partial charge in [-0.15, -0.1) is 0 Å². The van der Waals surface area contributed by atoms with E-state index in [1.165, 1.54) is 25.1 Å². The molecule has 7 heteroatoms. The zero-order valence-electron chi connectivity index (χ0n) is 10.2. The predicted octanol–water partition coefficient (Wildman–Crippen LogP) is 1.85. The van der Waals surface area contributed by atoms with E-state index in [1.54, 1.807) is 6.92 Å². The van der Waals surface area contributed by atoms with Gasteiger partial charge in [0.2, 0.25) is 5.78 Å². The normalized spacial score (nSPS) is 11.2. The number of rotatable bonds is 4.